The molecule has 0 spiro atoms. The Hall–Kier alpha value is -2.19. The zero-order valence-electron chi connectivity index (χ0n) is 16.0. The van der Waals surface area contributed by atoms with Crippen molar-refractivity contribution < 1.29 is 9.53 Å². The summed E-state index contributed by atoms with van der Waals surface area (Å²) in [4.78, 5) is 25.1. The summed E-state index contributed by atoms with van der Waals surface area (Å²) in [6, 6.07) is 3.90. The minimum absolute atomic E-state index is 0.0402. The average Bonchev–Trinajstić information content (AvgIpc) is 3.18. The van der Waals surface area contributed by atoms with Gasteiger partial charge in [-0.25, -0.2) is 4.98 Å². The lowest BCUT2D eigenvalue weighted by Crippen LogP contribution is -2.36. The third-order valence-corrected chi connectivity index (χ3v) is 6.44. The van der Waals surface area contributed by atoms with Crippen LogP contribution in [0.5, 0.6) is 0 Å². The maximum Gasteiger partial charge on any atom is 0.223 e. The summed E-state index contributed by atoms with van der Waals surface area (Å²) in [6.07, 6.45) is 7.08. The molecule has 1 atom stereocenters. The van der Waals surface area contributed by atoms with Crippen LogP contribution in [0.2, 0.25) is 0 Å². The number of morpholine rings is 1. The van der Waals surface area contributed by atoms with Crippen molar-refractivity contribution in [1.29, 1.82) is 0 Å². The van der Waals surface area contributed by atoms with Crippen molar-refractivity contribution >= 4 is 28.1 Å². The highest BCUT2D eigenvalue weighted by Gasteiger charge is 2.28. The largest absolute Gasteiger partial charge is 0.384 e. The second-order valence-electron chi connectivity index (χ2n) is 7.22. The van der Waals surface area contributed by atoms with Crippen LogP contribution in [0, 0.1) is 5.92 Å². The molecule has 7 nitrogen and oxygen atoms in total. The Bertz CT molecular complexity index is 776. The number of carbonyl (C=O) groups is 1. The fraction of sp³-hybridized carbons (Fsp3) is 0.550. The first-order valence-electron chi connectivity index (χ1n) is 10.0. The molecule has 2 aliphatic rings. The summed E-state index contributed by atoms with van der Waals surface area (Å²) in [5.74, 6) is 0.200. The molecule has 2 aromatic heterocycles. The van der Waals surface area contributed by atoms with Crippen LogP contribution in [0.15, 0.2) is 24.5 Å². The Balaban J connectivity index is 1.21. The van der Waals surface area contributed by atoms with Crippen LogP contribution in [0.1, 0.15) is 23.4 Å². The fourth-order valence-electron chi connectivity index (χ4n) is 3.62. The van der Waals surface area contributed by atoms with Gasteiger partial charge in [0.2, 0.25) is 5.91 Å². The van der Waals surface area contributed by atoms with E-state index in [0.29, 0.717) is 6.54 Å². The quantitative estimate of drug-likeness (QED) is 0.692. The lowest BCUT2D eigenvalue weighted by atomic mass is 9.90. The summed E-state index contributed by atoms with van der Waals surface area (Å²) in [7, 11) is 0. The number of anilines is 2. The Kier molecular flexibility index (Phi) is 6.38. The van der Waals surface area contributed by atoms with Crippen molar-refractivity contribution in [2.75, 3.05) is 49.6 Å². The van der Waals surface area contributed by atoms with E-state index >= 15 is 0 Å². The SMILES string of the molecule is O=C(NCCCNc1cccnc1)C1CCc2sc(N3CCOCC3)nc2C1. The number of carbonyl (C=O) groups excluding carboxylic acids is 1. The number of aryl methyl sites for hydroxylation is 1. The molecule has 3 heterocycles. The second-order valence-corrected chi connectivity index (χ2v) is 8.28. The molecule has 0 saturated carbocycles. The van der Waals surface area contributed by atoms with Crippen molar-refractivity contribution in [2.24, 2.45) is 5.92 Å². The topological polar surface area (TPSA) is 79.4 Å². The standard InChI is InChI=1S/C20H27N5O2S/c26-19(23-8-2-7-22-16-3-1-6-21-14-16)15-4-5-18-17(13-15)24-20(28-18)25-9-11-27-12-10-25/h1,3,6,14-15,22H,2,4-5,7-13H2,(H,23,26). The molecule has 150 valence electrons. The van der Waals surface area contributed by atoms with Crippen LogP contribution in [-0.2, 0) is 22.4 Å². The van der Waals surface area contributed by atoms with Crippen LogP contribution in [0.4, 0.5) is 10.8 Å². The van der Waals surface area contributed by atoms with Gasteiger partial charge in [-0.2, -0.15) is 0 Å². The highest BCUT2D eigenvalue weighted by molar-refractivity contribution is 7.15. The Morgan fingerprint density at radius 2 is 2.21 bits per heavy atom. The lowest BCUT2D eigenvalue weighted by Gasteiger charge is -2.26. The zero-order chi connectivity index (χ0) is 19.2. The number of rotatable bonds is 7. The molecule has 1 amide bonds. The maximum absolute atomic E-state index is 12.6. The first kappa shape index (κ1) is 19.1. The van der Waals surface area contributed by atoms with Gasteiger partial charge in [0, 0.05) is 55.8 Å². The van der Waals surface area contributed by atoms with E-state index < -0.39 is 0 Å². The molecule has 1 fully saturated rings. The van der Waals surface area contributed by atoms with Crippen LogP contribution >= 0.6 is 11.3 Å². The van der Waals surface area contributed by atoms with Crippen LogP contribution in [0.25, 0.3) is 0 Å². The Morgan fingerprint density at radius 3 is 3.04 bits per heavy atom. The zero-order valence-corrected chi connectivity index (χ0v) is 16.8. The predicted molar refractivity (Wildman–Crippen MR) is 111 cm³/mol. The number of amides is 1. The molecule has 28 heavy (non-hydrogen) atoms. The number of ether oxygens (including phenoxy) is 1. The van der Waals surface area contributed by atoms with E-state index in [1.54, 1.807) is 23.7 Å². The first-order valence-corrected chi connectivity index (χ1v) is 10.8. The molecule has 2 N–H and O–H groups in total. The minimum atomic E-state index is 0.0402. The lowest BCUT2D eigenvalue weighted by molar-refractivity contribution is -0.125. The van der Waals surface area contributed by atoms with E-state index in [9.17, 15) is 4.79 Å². The van der Waals surface area contributed by atoms with E-state index in [-0.39, 0.29) is 11.8 Å². The first-order chi connectivity index (χ1) is 13.8. The van der Waals surface area contributed by atoms with Gasteiger partial charge in [-0.3, -0.25) is 9.78 Å². The smallest absolute Gasteiger partial charge is 0.223 e. The Labute approximate surface area is 169 Å². The Morgan fingerprint density at radius 1 is 1.32 bits per heavy atom. The van der Waals surface area contributed by atoms with Gasteiger partial charge in [-0.15, -0.1) is 11.3 Å². The number of nitrogens with zero attached hydrogens (tertiary/aromatic N) is 3. The molecule has 1 saturated heterocycles. The molecular formula is C20H27N5O2S. The van der Waals surface area contributed by atoms with Crippen LogP contribution in [-0.4, -0.2) is 55.3 Å². The molecule has 0 radical (unpaired) electrons. The highest BCUT2D eigenvalue weighted by atomic mass is 32.1. The van der Waals surface area contributed by atoms with E-state index in [1.807, 2.05) is 12.1 Å². The van der Waals surface area contributed by atoms with Gasteiger partial charge in [-0.05, 0) is 31.4 Å². The van der Waals surface area contributed by atoms with Gasteiger partial charge in [-0.1, -0.05) is 0 Å². The van der Waals surface area contributed by atoms with Crippen molar-refractivity contribution in [1.82, 2.24) is 15.3 Å². The number of hydrogen-bond acceptors (Lipinski definition) is 7. The predicted octanol–water partition coefficient (Wildman–Crippen LogP) is 2.10. The molecule has 1 aliphatic heterocycles. The number of nitrogens with one attached hydrogen (secondary N) is 2. The average molecular weight is 402 g/mol. The molecule has 2 aromatic rings. The monoisotopic (exact) mass is 401 g/mol. The fourth-order valence-corrected chi connectivity index (χ4v) is 4.78. The van der Waals surface area contributed by atoms with Gasteiger partial charge in [0.1, 0.15) is 0 Å². The molecule has 8 heteroatoms. The van der Waals surface area contributed by atoms with Gasteiger partial charge in [0.05, 0.1) is 24.6 Å². The number of aromatic nitrogens is 2. The third kappa shape index (κ3) is 4.80. The van der Waals surface area contributed by atoms with Gasteiger partial charge in [0.25, 0.3) is 0 Å². The van der Waals surface area contributed by atoms with E-state index in [1.165, 1.54) is 4.88 Å². The van der Waals surface area contributed by atoms with Gasteiger partial charge >= 0.3 is 0 Å². The van der Waals surface area contributed by atoms with Crippen molar-refractivity contribution in [3.63, 3.8) is 0 Å². The molecule has 0 aromatic carbocycles. The third-order valence-electron chi connectivity index (χ3n) is 5.22. The summed E-state index contributed by atoms with van der Waals surface area (Å²) in [6.45, 7) is 4.85. The van der Waals surface area contributed by atoms with Crippen LogP contribution in [0.3, 0.4) is 0 Å². The number of hydrogen-bond donors (Lipinski definition) is 2. The van der Waals surface area contributed by atoms with E-state index in [4.69, 9.17) is 9.72 Å². The summed E-state index contributed by atoms with van der Waals surface area (Å²) < 4.78 is 5.43. The summed E-state index contributed by atoms with van der Waals surface area (Å²) in [5.41, 5.74) is 2.13. The molecule has 4 rings (SSSR count). The molecule has 1 aliphatic carbocycles. The molecule has 0 bridgehead atoms. The van der Waals surface area contributed by atoms with Crippen molar-refractivity contribution in [2.45, 2.75) is 25.7 Å². The summed E-state index contributed by atoms with van der Waals surface area (Å²) in [5, 5.41) is 7.50. The number of fused-ring (bicyclic) bond motifs is 1. The number of pyridine rings is 1. The second kappa shape index (κ2) is 9.34. The number of thiazole rings is 1. The minimum Gasteiger partial charge on any atom is -0.384 e. The maximum atomic E-state index is 12.6. The van der Waals surface area contributed by atoms with E-state index in [2.05, 4.69) is 20.5 Å². The van der Waals surface area contributed by atoms with Gasteiger partial charge < -0.3 is 20.3 Å². The van der Waals surface area contributed by atoms with Crippen LogP contribution < -0.4 is 15.5 Å². The normalized spacial score (nSPS) is 19.1. The van der Waals surface area contributed by atoms with Gasteiger partial charge in [0.15, 0.2) is 5.13 Å². The summed E-state index contributed by atoms with van der Waals surface area (Å²) >= 11 is 1.79. The molecular weight excluding hydrogens is 374 g/mol. The van der Waals surface area contributed by atoms with Crippen molar-refractivity contribution in [3.8, 4) is 0 Å². The molecule has 1 unspecified atom stereocenters. The highest BCUT2D eigenvalue weighted by Crippen LogP contribution is 2.34. The van der Waals surface area contributed by atoms with Crippen molar-refractivity contribution in [3.05, 3.63) is 35.1 Å². The van der Waals surface area contributed by atoms with E-state index in [0.717, 1.165) is 75.0 Å².